The predicted molar refractivity (Wildman–Crippen MR) is 127 cm³/mol. The van der Waals surface area contributed by atoms with Crippen LogP contribution in [0.1, 0.15) is 50.2 Å². The van der Waals surface area contributed by atoms with Crippen LogP contribution in [0.3, 0.4) is 0 Å². The summed E-state index contributed by atoms with van der Waals surface area (Å²) in [5.74, 6) is -0.431. The fourth-order valence-electron chi connectivity index (χ4n) is 4.39. The Morgan fingerprint density at radius 2 is 1.81 bits per heavy atom. The lowest BCUT2D eigenvalue weighted by molar-refractivity contribution is 0.359. The summed E-state index contributed by atoms with van der Waals surface area (Å²) in [6.45, 7) is 10.5. The van der Waals surface area contributed by atoms with Crippen LogP contribution < -0.4 is 5.56 Å². The van der Waals surface area contributed by atoms with E-state index in [1.54, 1.807) is 0 Å². The molecule has 0 aliphatic rings. The van der Waals surface area contributed by atoms with Crippen LogP contribution in [0, 0.1) is 6.92 Å². The highest BCUT2D eigenvalue weighted by Crippen LogP contribution is 2.35. The maximum Gasteiger partial charge on any atom is 0.258 e. The average Bonchev–Trinajstić information content (AvgIpc) is 3.14. The van der Waals surface area contributed by atoms with Crippen molar-refractivity contribution in [3.8, 4) is 11.3 Å². The molecule has 0 bridgehead atoms. The molecule has 2 aromatic heterocycles. The van der Waals surface area contributed by atoms with Crippen LogP contribution >= 0.6 is 0 Å². The molecular formula is C26H29N3O2. The molecule has 0 radical (unpaired) electrons. The van der Waals surface area contributed by atoms with Gasteiger partial charge >= 0.3 is 0 Å². The zero-order valence-corrected chi connectivity index (χ0v) is 18.4. The van der Waals surface area contributed by atoms with E-state index in [1.165, 1.54) is 0 Å². The largest absolute Gasteiger partial charge is 0.512 e. The molecule has 0 saturated heterocycles. The molecule has 2 heterocycles. The van der Waals surface area contributed by atoms with Crippen LogP contribution in [0.5, 0.6) is 0 Å². The Hall–Kier alpha value is -3.34. The Balaban J connectivity index is 2.23. The first-order valence-corrected chi connectivity index (χ1v) is 11.0. The number of aromatic nitrogens is 3. The van der Waals surface area contributed by atoms with Gasteiger partial charge in [0.2, 0.25) is 0 Å². The highest BCUT2D eigenvalue weighted by atomic mass is 16.3. The van der Waals surface area contributed by atoms with Crippen molar-refractivity contribution in [3.05, 3.63) is 82.3 Å². The molecule has 160 valence electrons. The molecule has 0 amide bonds. The summed E-state index contributed by atoms with van der Waals surface area (Å²) in [6, 6.07) is 16.0. The van der Waals surface area contributed by atoms with Crippen LogP contribution in [-0.4, -0.2) is 19.3 Å². The fourth-order valence-corrected chi connectivity index (χ4v) is 4.39. The molecule has 31 heavy (non-hydrogen) atoms. The Labute approximate surface area is 182 Å². The Morgan fingerprint density at radius 1 is 1.10 bits per heavy atom. The van der Waals surface area contributed by atoms with E-state index in [0.29, 0.717) is 18.5 Å². The molecule has 1 N–H and O–H groups in total. The van der Waals surface area contributed by atoms with Crippen molar-refractivity contribution in [1.82, 2.24) is 14.2 Å². The number of benzene rings is 2. The van der Waals surface area contributed by atoms with Gasteiger partial charge in [-0.05, 0) is 31.9 Å². The minimum Gasteiger partial charge on any atom is -0.512 e. The summed E-state index contributed by atoms with van der Waals surface area (Å²) >= 11 is 0. The van der Waals surface area contributed by atoms with Gasteiger partial charge in [-0.25, -0.2) is 4.52 Å². The number of aliphatic hydroxyl groups excluding tert-OH is 1. The molecule has 0 aliphatic carbocycles. The summed E-state index contributed by atoms with van der Waals surface area (Å²) in [4.78, 5) is 14.0. The van der Waals surface area contributed by atoms with Gasteiger partial charge in [0.15, 0.2) is 0 Å². The van der Waals surface area contributed by atoms with Gasteiger partial charge in [-0.2, -0.15) is 5.10 Å². The summed E-state index contributed by atoms with van der Waals surface area (Å²) in [5.41, 5.74) is 4.89. The second-order valence-corrected chi connectivity index (χ2v) is 8.17. The van der Waals surface area contributed by atoms with Crippen LogP contribution in [0.4, 0.5) is 0 Å². The molecule has 4 aromatic rings. The number of hydrogen-bond donors (Lipinski definition) is 1. The molecule has 4 rings (SSSR count). The second kappa shape index (κ2) is 8.42. The van der Waals surface area contributed by atoms with Crippen molar-refractivity contribution in [2.24, 2.45) is 0 Å². The van der Waals surface area contributed by atoms with Crippen LogP contribution in [0.15, 0.2) is 65.7 Å². The average molecular weight is 416 g/mol. The third-order valence-corrected chi connectivity index (χ3v) is 5.85. The van der Waals surface area contributed by atoms with E-state index < -0.39 is 5.92 Å². The van der Waals surface area contributed by atoms with Gasteiger partial charge in [-0.15, -0.1) is 0 Å². The predicted octanol–water partition coefficient (Wildman–Crippen LogP) is 5.99. The zero-order valence-electron chi connectivity index (χ0n) is 18.4. The van der Waals surface area contributed by atoms with Crippen molar-refractivity contribution >= 4 is 16.6 Å². The molecular weight excluding hydrogens is 386 g/mol. The molecule has 0 spiro atoms. The minimum atomic E-state index is -0.450. The third kappa shape index (κ3) is 3.54. The Morgan fingerprint density at radius 3 is 2.45 bits per heavy atom. The minimum absolute atomic E-state index is 0.0198. The monoisotopic (exact) mass is 415 g/mol. The number of aryl methyl sites for hydroxylation is 2. The van der Waals surface area contributed by atoms with Crippen LogP contribution in [0.25, 0.3) is 27.8 Å². The molecule has 2 aromatic carbocycles. The quantitative estimate of drug-likeness (QED) is 0.377. The number of fused-ring (bicyclic) bond motifs is 3. The van der Waals surface area contributed by atoms with Crippen molar-refractivity contribution < 1.29 is 5.11 Å². The van der Waals surface area contributed by atoms with Crippen molar-refractivity contribution in [3.63, 3.8) is 0 Å². The number of rotatable bonds is 7. The lowest BCUT2D eigenvalue weighted by Crippen LogP contribution is -2.30. The molecule has 0 fully saturated rings. The summed E-state index contributed by atoms with van der Waals surface area (Å²) < 4.78 is 3.71. The smallest absolute Gasteiger partial charge is 0.258 e. The SMILES string of the molecule is C=C(O)C(CCC)c1c(-c2ccc(C)cc2)n2nc3ccccc3c2n(CCC)c1=O. The normalized spacial score (nSPS) is 12.5. The van der Waals surface area contributed by atoms with Crippen LogP contribution in [0.2, 0.25) is 0 Å². The standard InChI is InChI=1S/C26H29N3O2/c1-5-9-20(18(4)30)23-24(19-14-12-17(3)13-15-19)29-25(28(16-6-2)26(23)31)21-10-7-8-11-22(21)27-29/h7-8,10-15,20,30H,4-6,9,16H2,1-3H3. The van der Waals surface area contributed by atoms with Gasteiger partial charge in [0.1, 0.15) is 5.65 Å². The summed E-state index contributed by atoms with van der Waals surface area (Å²) in [5, 5.41) is 16.4. The number of hydrogen-bond acceptors (Lipinski definition) is 3. The van der Waals surface area contributed by atoms with Gasteiger partial charge in [0.05, 0.1) is 22.5 Å². The summed E-state index contributed by atoms with van der Waals surface area (Å²) in [7, 11) is 0. The topological polar surface area (TPSA) is 59.5 Å². The Bertz CT molecular complexity index is 1310. The first-order chi connectivity index (χ1) is 15.0. The number of nitrogens with zero attached hydrogens (tertiary/aromatic N) is 3. The lowest BCUT2D eigenvalue weighted by atomic mass is 9.90. The van der Waals surface area contributed by atoms with E-state index in [1.807, 2.05) is 71.5 Å². The van der Waals surface area contributed by atoms with E-state index in [9.17, 15) is 9.90 Å². The Kier molecular flexibility index (Phi) is 5.68. The van der Waals surface area contributed by atoms with Crippen molar-refractivity contribution in [1.29, 1.82) is 0 Å². The van der Waals surface area contributed by atoms with Gasteiger partial charge in [0.25, 0.3) is 5.56 Å². The van der Waals surface area contributed by atoms with E-state index in [0.717, 1.165) is 46.2 Å². The molecule has 1 atom stereocenters. The van der Waals surface area contributed by atoms with E-state index in [4.69, 9.17) is 5.10 Å². The van der Waals surface area contributed by atoms with Crippen LogP contribution in [-0.2, 0) is 6.54 Å². The molecule has 5 heteroatoms. The van der Waals surface area contributed by atoms with Crippen molar-refractivity contribution in [2.75, 3.05) is 0 Å². The number of aliphatic hydroxyl groups is 1. The lowest BCUT2D eigenvalue weighted by Gasteiger charge is -2.22. The van der Waals surface area contributed by atoms with E-state index in [-0.39, 0.29) is 11.3 Å². The molecule has 5 nitrogen and oxygen atoms in total. The maximum atomic E-state index is 14.0. The molecule has 0 aliphatic heterocycles. The maximum absolute atomic E-state index is 14.0. The van der Waals surface area contributed by atoms with Gasteiger partial charge in [-0.3, -0.25) is 9.36 Å². The van der Waals surface area contributed by atoms with Gasteiger partial charge in [-0.1, -0.05) is 68.8 Å². The first-order valence-electron chi connectivity index (χ1n) is 11.0. The van der Waals surface area contributed by atoms with Gasteiger partial charge < -0.3 is 5.11 Å². The zero-order chi connectivity index (χ0) is 22.1. The van der Waals surface area contributed by atoms with Crippen molar-refractivity contribution in [2.45, 2.75) is 52.5 Å². The molecule has 1 unspecified atom stereocenters. The highest BCUT2D eigenvalue weighted by Gasteiger charge is 2.28. The molecule has 0 saturated carbocycles. The number of allylic oxidation sites excluding steroid dienone is 1. The fraction of sp³-hybridized carbons (Fsp3) is 0.308. The third-order valence-electron chi connectivity index (χ3n) is 5.85. The highest BCUT2D eigenvalue weighted by molar-refractivity contribution is 5.93. The summed E-state index contributed by atoms with van der Waals surface area (Å²) in [6.07, 6.45) is 2.28. The first kappa shape index (κ1) is 20.9. The van der Waals surface area contributed by atoms with E-state index in [2.05, 4.69) is 13.5 Å². The second-order valence-electron chi connectivity index (χ2n) is 8.17. The van der Waals surface area contributed by atoms with Gasteiger partial charge in [0, 0.05) is 23.4 Å². The van der Waals surface area contributed by atoms with E-state index >= 15 is 0 Å².